The predicted octanol–water partition coefficient (Wildman–Crippen LogP) is 0.795. The maximum atomic E-state index is 8.45. The molecule has 3 atom stereocenters. The van der Waals surface area contributed by atoms with Crippen molar-refractivity contribution in [1.29, 1.82) is 5.26 Å². The number of nitrogens with two attached hydrogens (primary N) is 1. The summed E-state index contributed by atoms with van der Waals surface area (Å²) in [6, 6.07) is 2.33. The molecule has 0 amide bonds. The van der Waals surface area contributed by atoms with Gasteiger partial charge in [-0.2, -0.15) is 5.26 Å². The molecule has 0 radical (unpaired) electrons. The van der Waals surface area contributed by atoms with Crippen LogP contribution in [0, 0.1) is 11.3 Å². The summed E-state index contributed by atoms with van der Waals surface area (Å²) < 4.78 is 5.39. The Hall–Kier alpha value is -0.590. The zero-order valence-corrected chi connectivity index (χ0v) is 6.79. The Balaban J connectivity index is 2.24. The summed E-state index contributed by atoms with van der Waals surface area (Å²) in [5.74, 6) is 0. The van der Waals surface area contributed by atoms with Crippen LogP contribution in [-0.4, -0.2) is 18.2 Å². The van der Waals surface area contributed by atoms with E-state index in [1.807, 2.05) is 6.07 Å². The van der Waals surface area contributed by atoms with E-state index in [0.29, 0.717) is 0 Å². The van der Waals surface area contributed by atoms with Gasteiger partial charge >= 0.3 is 0 Å². The van der Waals surface area contributed by atoms with Crippen molar-refractivity contribution < 1.29 is 4.74 Å². The van der Waals surface area contributed by atoms with Crippen LogP contribution in [0.5, 0.6) is 0 Å². The Labute approximate surface area is 67.1 Å². The van der Waals surface area contributed by atoms with Gasteiger partial charge in [0.15, 0.2) is 0 Å². The Kier molecular flexibility index (Phi) is 2.86. The first kappa shape index (κ1) is 8.51. The Morgan fingerprint density at radius 2 is 2.36 bits per heavy atom. The molecule has 0 aromatic heterocycles. The zero-order chi connectivity index (χ0) is 8.27. The van der Waals surface area contributed by atoms with Crippen LogP contribution < -0.4 is 5.73 Å². The molecule has 0 heterocycles. The lowest BCUT2D eigenvalue weighted by Crippen LogP contribution is -2.20. The molecule has 62 valence electrons. The van der Waals surface area contributed by atoms with Crippen molar-refractivity contribution >= 4 is 0 Å². The summed E-state index contributed by atoms with van der Waals surface area (Å²) in [4.78, 5) is 0. The Morgan fingerprint density at radius 1 is 1.64 bits per heavy atom. The van der Waals surface area contributed by atoms with E-state index < -0.39 is 0 Å². The van der Waals surface area contributed by atoms with Crippen LogP contribution in [-0.2, 0) is 4.74 Å². The average Bonchev–Trinajstić information content (AvgIpc) is 2.35. The minimum absolute atomic E-state index is 0.222. The largest absolute Gasteiger partial charge is 0.360 e. The lowest BCUT2D eigenvalue weighted by atomic mass is 10.3. The highest BCUT2D eigenvalue weighted by Crippen LogP contribution is 2.21. The minimum atomic E-state index is -0.287. The van der Waals surface area contributed by atoms with E-state index >= 15 is 0 Å². The lowest BCUT2D eigenvalue weighted by Gasteiger charge is -2.12. The van der Waals surface area contributed by atoms with Gasteiger partial charge < -0.3 is 10.5 Å². The molecule has 2 N–H and O–H groups in total. The summed E-state index contributed by atoms with van der Waals surface area (Å²) in [6.07, 6.45) is 2.88. The second kappa shape index (κ2) is 3.70. The summed E-state index contributed by atoms with van der Waals surface area (Å²) in [5, 5.41) is 8.45. The molecule has 0 aromatic rings. The third kappa shape index (κ3) is 2.49. The molecule has 3 unspecified atom stereocenters. The SMILES string of the molecule is CC(C#N)OC1CCC(N)C1. The molecule has 0 aliphatic heterocycles. The first-order valence-electron chi connectivity index (χ1n) is 4.03. The molecule has 0 aromatic carbocycles. The Bertz CT molecular complexity index is 164. The molecular formula is C8H14N2O. The number of ether oxygens (including phenoxy) is 1. The van der Waals surface area contributed by atoms with Gasteiger partial charge in [-0.3, -0.25) is 0 Å². The molecule has 0 spiro atoms. The molecule has 11 heavy (non-hydrogen) atoms. The van der Waals surface area contributed by atoms with E-state index in [4.69, 9.17) is 15.7 Å². The average molecular weight is 154 g/mol. The fourth-order valence-electron chi connectivity index (χ4n) is 1.42. The number of rotatable bonds is 2. The normalized spacial score (nSPS) is 33.2. The molecule has 0 bridgehead atoms. The van der Waals surface area contributed by atoms with Crippen LogP contribution >= 0.6 is 0 Å². The highest BCUT2D eigenvalue weighted by molar-refractivity contribution is 4.84. The molecule has 0 saturated heterocycles. The fraction of sp³-hybridized carbons (Fsp3) is 0.875. The van der Waals surface area contributed by atoms with Crippen molar-refractivity contribution in [3.8, 4) is 6.07 Å². The van der Waals surface area contributed by atoms with Crippen LogP contribution in [0.1, 0.15) is 26.2 Å². The second-order valence-corrected chi connectivity index (χ2v) is 3.10. The maximum absolute atomic E-state index is 8.45. The van der Waals surface area contributed by atoms with Gasteiger partial charge in [0.05, 0.1) is 12.2 Å². The number of nitriles is 1. The quantitative estimate of drug-likeness (QED) is 0.639. The molecule has 1 aliphatic carbocycles. The Morgan fingerprint density at radius 3 is 2.82 bits per heavy atom. The van der Waals surface area contributed by atoms with E-state index in [9.17, 15) is 0 Å². The first-order valence-corrected chi connectivity index (χ1v) is 4.03. The monoisotopic (exact) mass is 154 g/mol. The van der Waals surface area contributed by atoms with Crippen molar-refractivity contribution in [1.82, 2.24) is 0 Å². The van der Waals surface area contributed by atoms with Crippen LogP contribution in [0.3, 0.4) is 0 Å². The second-order valence-electron chi connectivity index (χ2n) is 3.10. The van der Waals surface area contributed by atoms with Crippen molar-refractivity contribution in [2.75, 3.05) is 0 Å². The van der Waals surface area contributed by atoms with Crippen LogP contribution in [0.25, 0.3) is 0 Å². The molecule has 1 saturated carbocycles. The van der Waals surface area contributed by atoms with Gasteiger partial charge in [0.1, 0.15) is 6.10 Å². The van der Waals surface area contributed by atoms with E-state index in [0.717, 1.165) is 19.3 Å². The van der Waals surface area contributed by atoms with Crippen molar-refractivity contribution in [3.63, 3.8) is 0 Å². The van der Waals surface area contributed by atoms with Gasteiger partial charge in [-0.05, 0) is 26.2 Å². The number of hydrogen-bond acceptors (Lipinski definition) is 3. The maximum Gasteiger partial charge on any atom is 0.141 e. The van der Waals surface area contributed by atoms with E-state index in [1.54, 1.807) is 6.92 Å². The number of nitrogens with zero attached hydrogens (tertiary/aromatic N) is 1. The van der Waals surface area contributed by atoms with Crippen LogP contribution in [0.15, 0.2) is 0 Å². The highest BCUT2D eigenvalue weighted by atomic mass is 16.5. The molecule has 1 rings (SSSR count). The zero-order valence-electron chi connectivity index (χ0n) is 6.79. The number of hydrogen-bond donors (Lipinski definition) is 1. The minimum Gasteiger partial charge on any atom is -0.360 e. The van der Waals surface area contributed by atoms with Crippen LogP contribution in [0.4, 0.5) is 0 Å². The van der Waals surface area contributed by atoms with E-state index in [1.165, 1.54) is 0 Å². The van der Waals surface area contributed by atoms with Crippen molar-refractivity contribution in [2.45, 2.75) is 44.4 Å². The first-order chi connectivity index (χ1) is 5.22. The molecular weight excluding hydrogens is 140 g/mol. The third-order valence-electron chi connectivity index (χ3n) is 2.00. The topological polar surface area (TPSA) is 59.0 Å². The molecule has 3 nitrogen and oxygen atoms in total. The summed E-state index contributed by atoms with van der Waals surface area (Å²) >= 11 is 0. The molecule has 3 heteroatoms. The van der Waals surface area contributed by atoms with Crippen LogP contribution in [0.2, 0.25) is 0 Å². The van der Waals surface area contributed by atoms with Gasteiger partial charge in [0.2, 0.25) is 0 Å². The van der Waals surface area contributed by atoms with E-state index in [-0.39, 0.29) is 18.2 Å². The van der Waals surface area contributed by atoms with Gasteiger partial charge in [0.25, 0.3) is 0 Å². The highest BCUT2D eigenvalue weighted by Gasteiger charge is 2.23. The third-order valence-corrected chi connectivity index (χ3v) is 2.00. The molecule has 1 aliphatic rings. The smallest absolute Gasteiger partial charge is 0.141 e. The van der Waals surface area contributed by atoms with E-state index in [2.05, 4.69) is 0 Å². The summed E-state index contributed by atoms with van der Waals surface area (Å²) in [6.45, 7) is 1.77. The predicted molar refractivity (Wildman–Crippen MR) is 41.8 cm³/mol. The summed E-state index contributed by atoms with van der Waals surface area (Å²) in [5.41, 5.74) is 5.68. The van der Waals surface area contributed by atoms with Gasteiger partial charge in [-0.25, -0.2) is 0 Å². The molecule has 1 fully saturated rings. The van der Waals surface area contributed by atoms with Gasteiger partial charge in [-0.1, -0.05) is 0 Å². The van der Waals surface area contributed by atoms with Crippen molar-refractivity contribution in [2.24, 2.45) is 5.73 Å². The summed E-state index contributed by atoms with van der Waals surface area (Å²) in [7, 11) is 0. The van der Waals surface area contributed by atoms with Crippen molar-refractivity contribution in [3.05, 3.63) is 0 Å². The standard InChI is InChI=1S/C8H14N2O/c1-6(5-9)11-8-3-2-7(10)4-8/h6-8H,2-4,10H2,1H3. The van der Waals surface area contributed by atoms with Gasteiger partial charge in [-0.15, -0.1) is 0 Å². The fourth-order valence-corrected chi connectivity index (χ4v) is 1.42. The van der Waals surface area contributed by atoms with Gasteiger partial charge in [0, 0.05) is 6.04 Å². The lowest BCUT2D eigenvalue weighted by molar-refractivity contribution is 0.0307.